The molecular formula is C10H9N5O3S. The third-order valence-corrected chi connectivity index (χ3v) is 4.47. The quantitative estimate of drug-likeness (QED) is 0.678. The van der Waals surface area contributed by atoms with Gasteiger partial charge in [0.25, 0.3) is 10.0 Å². The summed E-state index contributed by atoms with van der Waals surface area (Å²) in [5.74, 6) is 0.213. The van der Waals surface area contributed by atoms with Crippen LogP contribution in [0.5, 0.6) is 0 Å². The highest BCUT2D eigenvalue weighted by molar-refractivity contribution is 7.90. The second-order valence-corrected chi connectivity index (χ2v) is 5.64. The first-order valence-electron chi connectivity index (χ1n) is 5.36. The van der Waals surface area contributed by atoms with Gasteiger partial charge in [0, 0.05) is 6.20 Å². The number of nitrogens with zero attached hydrogens (tertiary/aromatic N) is 5. The molecule has 0 aliphatic rings. The van der Waals surface area contributed by atoms with E-state index >= 15 is 0 Å². The molecule has 3 aromatic rings. The molecule has 0 N–H and O–H groups in total. The molecule has 3 rings (SSSR count). The highest BCUT2D eigenvalue weighted by Gasteiger charge is 2.28. The Labute approximate surface area is 108 Å². The Bertz CT molecular complexity index is 845. The van der Waals surface area contributed by atoms with Gasteiger partial charge in [0.2, 0.25) is 5.65 Å². The Balaban J connectivity index is 2.32. The fourth-order valence-corrected chi connectivity index (χ4v) is 3.37. The maximum Gasteiger partial charge on any atom is 0.290 e. The van der Waals surface area contributed by atoms with Crippen molar-refractivity contribution < 1.29 is 12.9 Å². The zero-order valence-corrected chi connectivity index (χ0v) is 10.9. The fourth-order valence-electron chi connectivity index (χ4n) is 1.85. The lowest BCUT2D eigenvalue weighted by molar-refractivity contribution is 0.390. The summed E-state index contributed by atoms with van der Waals surface area (Å²) in [7, 11) is -3.89. The van der Waals surface area contributed by atoms with Gasteiger partial charge in [-0.3, -0.25) is 0 Å². The standard InChI is InChI=1S/C10H9N5O3S/c1-6-9(7(2)18-13-6)19(16,17)15-8-4-3-5-11-10(8)12-14-15/h3-5H,1-2H3. The lowest BCUT2D eigenvalue weighted by atomic mass is 10.4. The molecule has 0 spiro atoms. The van der Waals surface area contributed by atoms with E-state index < -0.39 is 10.0 Å². The lowest BCUT2D eigenvalue weighted by Crippen LogP contribution is -2.16. The second-order valence-electron chi connectivity index (χ2n) is 3.94. The highest BCUT2D eigenvalue weighted by Crippen LogP contribution is 2.23. The first-order valence-corrected chi connectivity index (χ1v) is 6.80. The van der Waals surface area contributed by atoms with E-state index in [2.05, 4.69) is 20.5 Å². The molecule has 0 amide bonds. The molecule has 0 radical (unpaired) electrons. The van der Waals surface area contributed by atoms with Crippen molar-refractivity contribution in [2.75, 3.05) is 0 Å². The normalized spacial score (nSPS) is 12.1. The summed E-state index contributed by atoms with van der Waals surface area (Å²) < 4.78 is 30.8. The first kappa shape index (κ1) is 11.8. The minimum absolute atomic E-state index is 0.00292. The van der Waals surface area contributed by atoms with E-state index in [0.29, 0.717) is 5.52 Å². The van der Waals surface area contributed by atoms with Gasteiger partial charge in [-0.2, -0.15) is 8.42 Å². The summed E-state index contributed by atoms with van der Waals surface area (Å²) in [6, 6.07) is 3.20. The van der Waals surface area contributed by atoms with E-state index in [1.807, 2.05) is 0 Å². The van der Waals surface area contributed by atoms with E-state index in [4.69, 9.17) is 4.52 Å². The summed E-state index contributed by atoms with van der Waals surface area (Å²) in [5.41, 5.74) is 0.852. The van der Waals surface area contributed by atoms with Crippen LogP contribution < -0.4 is 0 Å². The predicted molar refractivity (Wildman–Crippen MR) is 63.9 cm³/mol. The SMILES string of the molecule is Cc1noc(C)c1S(=O)(=O)n1nnc2ncccc21. The zero-order chi connectivity index (χ0) is 13.6. The van der Waals surface area contributed by atoms with Crippen LogP contribution in [0, 0.1) is 13.8 Å². The van der Waals surface area contributed by atoms with Crippen LogP contribution in [-0.2, 0) is 10.0 Å². The number of rotatable bonds is 2. The van der Waals surface area contributed by atoms with Crippen LogP contribution in [0.4, 0.5) is 0 Å². The summed E-state index contributed by atoms with van der Waals surface area (Å²) in [6.45, 7) is 3.09. The first-order chi connectivity index (χ1) is 9.01. The summed E-state index contributed by atoms with van der Waals surface area (Å²) in [6.07, 6.45) is 1.52. The lowest BCUT2D eigenvalue weighted by Gasteiger charge is -2.03. The number of pyridine rings is 1. The van der Waals surface area contributed by atoms with Crippen LogP contribution in [0.3, 0.4) is 0 Å². The topological polar surface area (TPSA) is 104 Å². The van der Waals surface area contributed by atoms with Crippen LogP contribution in [-0.4, -0.2) is 33.0 Å². The second kappa shape index (κ2) is 3.85. The summed E-state index contributed by atoms with van der Waals surface area (Å²) >= 11 is 0. The maximum absolute atomic E-state index is 12.5. The minimum Gasteiger partial charge on any atom is -0.360 e. The molecule has 0 unspecified atom stereocenters. The molecule has 98 valence electrons. The van der Waals surface area contributed by atoms with Crippen molar-refractivity contribution >= 4 is 21.2 Å². The molecule has 19 heavy (non-hydrogen) atoms. The Kier molecular flexibility index (Phi) is 2.39. The molecule has 9 heteroatoms. The molecule has 0 saturated carbocycles. The van der Waals surface area contributed by atoms with Crippen molar-refractivity contribution in [1.82, 2.24) is 24.5 Å². The van der Waals surface area contributed by atoms with Gasteiger partial charge in [-0.05, 0) is 31.2 Å². The smallest absolute Gasteiger partial charge is 0.290 e. The van der Waals surface area contributed by atoms with Gasteiger partial charge in [-0.1, -0.05) is 5.16 Å². The summed E-state index contributed by atoms with van der Waals surface area (Å²) in [4.78, 5) is 3.95. The number of hydrogen-bond donors (Lipinski definition) is 0. The number of hydrogen-bond acceptors (Lipinski definition) is 7. The average Bonchev–Trinajstić information content (AvgIpc) is 2.93. The number of aryl methyl sites for hydroxylation is 2. The van der Waals surface area contributed by atoms with Crippen molar-refractivity contribution in [1.29, 1.82) is 0 Å². The van der Waals surface area contributed by atoms with E-state index in [9.17, 15) is 8.42 Å². The Morgan fingerprint density at radius 3 is 2.79 bits per heavy atom. The van der Waals surface area contributed by atoms with Crippen molar-refractivity contribution in [3.05, 3.63) is 29.8 Å². The van der Waals surface area contributed by atoms with Crippen molar-refractivity contribution in [3.8, 4) is 0 Å². The Morgan fingerprint density at radius 1 is 1.32 bits per heavy atom. The van der Waals surface area contributed by atoms with Gasteiger partial charge < -0.3 is 4.52 Å². The number of aromatic nitrogens is 5. The molecule has 0 aliphatic heterocycles. The van der Waals surface area contributed by atoms with Gasteiger partial charge in [-0.25, -0.2) is 4.98 Å². The molecular weight excluding hydrogens is 270 g/mol. The fraction of sp³-hybridized carbons (Fsp3) is 0.200. The molecule has 3 aromatic heterocycles. The van der Waals surface area contributed by atoms with E-state index in [1.54, 1.807) is 19.1 Å². The van der Waals surface area contributed by atoms with Crippen molar-refractivity contribution in [2.24, 2.45) is 0 Å². The third-order valence-electron chi connectivity index (χ3n) is 2.65. The van der Waals surface area contributed by atoms with E-state index in [0.717, 1.165) is 4.09 Å². The van der Waals surface area contributed by atoms with Crippen LogP contribution >= 0.6 is 0 Å². The predicted octanol–water partition coefficient (Wildman–Crippen LogP) is 0.668. The molecule has 0 atom stereocenters. The van der Waals surface area contributed by atoms with E-state index in [-0.39, 0.29) is 22.0 Å². The maximum atomic E-state index is 12.5. The molecule has 0 bridgehead atoms. The van der Waals surface area contributed by atoms with Crippen LogP contribution in [0.15, 0.2) is 27.7 Å². The van der Waals surface area contributed by atoms with Gasteiger partial charge in [-0.15, -0.1) is 9.19 Å². The van der Waals surface area contributed by atoms with Gasteiger partial charge in [0.1, 0.15) is 11.2 Å². The molecule has 8 nitrogen and oxygen atoms in total. The van der Waals surface area contributed by atoms with Gasteiger partial charge in [0.05, 0.1) is 0 Å². The van der Waals surface area contributed by atoms with E-state index in [1.165, 1.54) is 13.1 Å². The number of fused-ring (bicyclic) bond motifs is 1. The molecule has 3 heterocycles. The molecule has 0 aromatic carbocycles. The monoisotopic (exact) mass is 279 g/mol. The Hall–Kier alpha value is -2.29. The summed E-state index contributed by atoms with van der Waals surface area (Å²) in [5, 5.41) is 11.0. The zero-order valence-electron chi connectivity index (χ0n) is 10.1. The molecule has 0 fully saturated rings. The minimum atomic E-state index is -3.89. The van der Waals surface area contributed by atoms with Crippen LogP contribution in [0.25, 0.3) is 11.2 Å². The highest BCUT2D eigenvalue weighted by atomic mass is 32.2. The molecule has 0 aliphatic carbocycles. The van der Waals surface area contributed by atoms with Crippen LogP contribution in [0.2, 0.25) is 0 Å². The average molecular weight is 279 g/mol. The van der Waals surface area contributed by atoms with Crippen molar-refractivity contribution in [3.63, 3.8) is 0 Å². The largest absolute Gasteiger partial charge is 0.360 e. The van der Waals surface area contributed by atoms with Gasteiger partial charge in [0.15, 0.2) is 10.7 Å². The van der Waals surface area contributed by atoms with Crippen molar-refractivity contribution in [2.45, 2.75) is 18.7 Å². The third kappa shape index (κ3) is 1.62. The molecule has 0 saturated heterocycles. The van der Waals surface area contributed by atoms with Gasteiger partial charge >= 0.3 is 0 Å². The Morgan fingerprint density at radius 2 is 2.11 bits per heavy atom. The van der Waals surface area contributed by atoms with Crippen LogP contribution in [0.1, 0.15) is 11.5 Å².